The molecule has 0 unspecified atom stereocenters. The maximum absolute atomic E-state index is 11.1. The number of hydrogen-bond donors (Lipinski definition) is 3. The van der Waals surface area contributed by atoms with E-state index in [-0.39, 0.29) is 0 Å². The first kappa shape index (κ1) is 12.2. The Morgan fingerprint density at radius 2 is 1.94 bits per heavy atom. The highest BCUT2D eigenvalue weighted by Gasteiger charge is 2.13. The molecule has 0 saturated heterocycles. The second-order valence-electron chi connectivity index (χ2n) is 2.81. The monoisotopic (exact) mass is 232 g/mol. The standard InChI is InChI=1S/C10H8N4O3/c11-6-8(9(15)12-10(16)17)14-13-7-4-2-1-3-5-7/h1-5,13H,(H,12,15)(H,16,17). The van der Waals surface area contributed by atoms with Crippen LogP contribution < -0.4 is 10.7 Å². The summed E-state index contributed by atoms with van der Waals surface area (Å²) in [4.78, 5) is 21.3. The summed E-state index contributed by atoms with van der Waals surface area (Å²) in [6.45, 7) is 0. The second kappa shape index (κ2) is 5.87. The topological polar surface area (TPSA) is 115 Å². The molecule has 0 radical (unpaired) electrons. The Hall–Kier alpha value is -2.88. The zero-order valence-electron chi connectivity index (χ0n) is 8.54. The number of imide groups is 1. The fourth-order valence-corrected chi connectivity index (χ4v) is 0.916. The Morgan fingerprint density at radius 3 is 2.47 bits per heavy atom. The molecule has 0 aliphatic carbocycles. The summed E-state index contributed by atoms with van der Waals surface area (Å²) in [5.41, 5.74) is 2.46. The molecule has 1 aromatic rings. The van der Waals surface area contributed by atoms with Gasteiger partial charge in [0.25, 0.3) is 5.91 Å². The number of para-hydroxylation sites is 1. The highest BCUT2D eigenvalue weighted by Crippen LogP contribution is 2.04. The van der Waals surface area contributed by atoms with Crippen LogP contribution in [0.2, 0.25) is 0 Å². The Balaban J connectivity index is 2.72. The molecule has 3 N–H and O–H groups in total. The number of nitriles is 1. The molecule has 0 aliphatic heterocycles. The van der Waals surface area contributed by atoms with Gasteiger partial charge in [0.1, 0.15) is 6.07 Å². The summed E-state index contributed by atoms with van der Waals surface area (Å²) in [6, 6.07) is 10.1. The number of carbonyl (C=O) groups is 2. The lowest BCUT2D eigenvalue weighted by atomic mass is 10.3. The summed E-state index contributed by atoms with van der Waals surface area (Å²) in [5.74, 6) is -1.08. The lowest BCUT2D eigenvalue weighted by Crippen LogP contribution is -2.34. The van der Waals surface area contributed by atoms with E-state index in [0.29, 0.717) is 5.69 Å². The van der Waals surface area contributed by atoms with Crippen LogP contribution in [0.1, 0.15) is 0 Å². The van der Waals surface area contributed by atoms with Crippen LogP contribution >= 0.6 is 0 Å². The van der Waals surface area contributed by atoms with E-state index in [1.54, 1.807) is 30.3 Å². The normalized spacial score (nSPS) is 10.2. The summed E-state index contributed by atoms with van der Waals surface area (Å²) in [6.07, 6.45) is -1.54. The van der Waals surface area contributed by atoms with Crippen molar-refractivity contribution in [1.82, 2.24) is 5.32 Å². The number of nitrogens with one attached hydrogen (secondary N) is 2. The van der Waals surface area contributed by atoms with Gasteiger partial charge in [-0.25, -0.2) is 4.79 Å². The number of amides is 2. The van der Waals surface area contributed by atoms with E-state index in [1.165, 1.54) is 11.4 Å². The molecule has 7 nitrogen and oxygen atoms in total. The van der Waals surface area contributed by atoms with Crippen LogP contribution in [-0.4, -0.2) is 22.8 Å². The first-order valence-electron chi connectivity index (χ1n) is 4.46. The maximum Gasteiger partial charge on any atom is 0.411 e. The minimum absolute atomic E-state index is 0.573. The predicted octanol–water partition coefficient (Wildman–Crippen LogP) is 0.772. The van der Waals surface area contributed by atoms with E-state index in [0.717, 1.165) is 0 Å². The fourth-order valence-electron chi connectivity index (χ4n) is 0.916. The molecule has 0 aliphatic rings. The van der Waals surface area contributed by atoms with Gasteiger partial charge in [-0.2, -0.15) is 10.4 Å². The maximum atomic E-state index is 11.1. The minimum Gasteiger partial charge on any atom is -0.465 e. The van der Waals surface area contributed by atoms with Crippen LogP contribution in [0.25, 0.3) is 0 Å². The molecule has 0 spiro atoms. The summed E-state index contributed by atoms with van der Waals surface area (Å²) >= 11 is 0. The minimum atomic E-state index is -1.54. The molecule has 7 heteroatoms. The Kier molecular flexibility index (Phi) is 4.21. The second-order valence-corrected chi connectivity index (χ2v) is 2.81. The molecule has 1 aromatic carbocycles. The molecule has 17 heavy (non-hydrogen) atoms. The molecule has 0 heterocycles. The summed E-state index contributed by atoms with van der Waals surface area (Å²) in [5, 5.41) is 21.9. The fraction of sp³-hybridized carbons (Fsp3) is 0. The SMILES string of the molecule is N#CC(=NNc1ccccc1)C(=O)NC(=O)O. The van der Waals surface area contributed by atoms with Gasteiger partial charge in [0.15, 0.2) is 0 Å². The number of hydrogen-bond acceptors (Lipinski definition) is 5. The van der Waals surface area contributed by atoms with Crippen LogP contribution in [0.3, 0.4) is 0 Å². The first-order chi connectivity index (χ1) is 8.13. The van der Waals surface area contributed by atoms with Gasteiger partial charge in [-0.05, 0) is 12.1 Å². The van der Waals surface area contributed by atoms with Crippen molar-refractivity contribution in [3.63, 3.8) is 0 Å². The predicted molar refractivity (Wildman–Crippen MR) is 59.3 cm³/mol. The van der Waals surface area contributed by atoms with E-state index in [1.807, 2.05) is 0 Å². The van der Waals surface area contributed by atoms with Crippen molar-refractivity contribution < 1.29 is 14.7 Å². The number of carbonyl (C=O) groups excluding carboxylic acids is 1. The molecule has 1 rings (SSSR count). The molecule has 0 bridgehead atoms. The first-order valence-corrected chi connectivity index (χ1v) is 4.46. The van der Waals surface area contributed by atoms with E-state index < -0.39 is 17.7 Å². The van der Waals surface area contributed by atoms with Gasteiger partial charge in [0, 0.05) is 0 Å². The zero-order valence-corrected chi connectivity index (χ0v) is 8.54. The zero-order chi connectivity index (χ0) is 12.7. The van der Waals surface area contributed by atoms with Gasteiger partial charge in [-0.1, -0.05) is 18.2 Å². The number of rotatable bonds is 3. The van der Waals surface area contributed by atoms with Gasteiger partial charge in [-0.15, -0.1) is 0 Å². The van der Waals surface area contributed by atoms with Crippen molar-refractivity contribution in [2.24, 2.45) is 5.10 Å². The largest absolute Gasteiger partial charge is 0.465 e. The third kappa shape index (κ3) is 4.01. The Bertz CT molecular complexity index is 490. The smallest absolute Gasteiger partial charge is 0.411 e. The highest BCUT2D eigenvalue weighted by atomic mass is 16.4. The third-order valence-electron chi connectivity index (χ3n) is 1.61. The van der Waals surface area contributed by atoms with Crippen molar-refractivity contribution in [2.45, 2.75) is 0 Å². The van der Waals surface area contributed by atoms with Crippen LogP contribution in [-0.2, 0) is 4.79 Å². The van der Waals surface area contributed by atoms with Gasteiger partial charge in [0.2, 0.25) is 5.71 Å². The van der Waals surface area contributed by atoms with Crippen molar-refractivity contribution in [3.05, 3.63) is 30.3 Å². The summed E-state index contributed by atoms with van der Waals surface area (Å²) < 4.78 is 0. The van der Waals surface area contributed by atoms with Crippen LogP contribution in [0, 0.1) is 11.3 Å². The van der Waals surface area contributed by atoms with Crippen molar-refractivity contribution in [2.75, 3.05) is 5.43 Å². The highest BCUT2D eigenvalue weighted by molar-refractivity contribution is 6.46. The van der Waals surface area contributed by atoms with Crippen LogP contribution in [0.15, 0.2) is 35.4 Å². The van der Waals surface area contributed by atoms with Gasteiger partial charge in [0.05, 0.1) is 5.69 Å². The number of hydrazone groups is 1. The number of nitrogens with zero attached hydrogens (tertiary/aromatic N) is 2. The third-order valence-corrected chi connectivity index (χ3v) is 1.61. The lowest BCUT2D eigenvalue weighted by Gasteiger charge is -2.00. The van der Waals surface area contributed by atoms with E-state index >= 15 is 0 Å². The lowest BCUT2D eigenvalue weighted by molar-refractivity contribution is -0.113. The van der Waals surface area contributed by atoms with Crippen LogP contribution in [0.5, 0.6) is 0 Å². The van der Waals surface area contributed by atoms with Crippen molar-refractivity contribution in [3.8, 4) is 6.07 Å². The molecule has 2 amide bonds. The van der Waals surface area contributed by atoms with E-state index in [4.69, 9.17) is 10.4 Å². The molecule has 0 aromatic heterocycles. The molecule has 86 valence electrons. The quantitative estimate of drug-likeness (QED) is 0.526. The van der Waals surface area contributed by atoms with Crippen LogP contribution in [0.4, 0.5) is 10.5 Å². The Labute approximate surface area is 96.4 Å². The van der Waals surface area contributed by atoms with E-state index in [2.05, 4.69) is 10.5 Å². The summed E-state index contributed by atoms with van der Waals surface area (Å²) in [7, 11) is 0. The van der Waals surface area contributed by atoms with Gasteiger partial charge in [-0.3, -0.25) is 15.5 Å². The molecular weight excluding hydrogens is 224 g/mol. The average Bonchev–Trinajstić information content (AvgIpc) is 2.30. The van der Waals surface area contributed by atoms with Gasteiger partial charge < -0.3 is 5.11 Å². The number of anilines is 1. The van der Waals surface area contributed by atoms with E-state index in [9.17, 15) is 9.59 Å². The van der Waals surface area contributed by atoms with Gasteiger partial charge >= 0.3 is 6.09 Å². The molecule has 0 saturated carbocycles. The molecule has 0 fully saturated rings. The molecular formula is C10H8N4O3. The molecule has 0 atom stereocenters. The van der Waals surface area contributed by atoms with Crippen molar-refractivity contribution >= 4 is 23.4 Å². The number of benzene rings is 1. The average molecular weight is 232 g/mol. The number of carboxylic acid groups (broad SMARTS) is 1. The van der Waals surface area contributed by atoms with Crippen molar-refractivity contribution in [1.29, 1.82) is 5.26 Å². The Morgan fingerprint density at radius 1 is 1.29 bits per heavy atom.